The Morgan fingerprint density at radius 3 is 2.70 bits per heavy atom. The highest BCUT2D eigenvalue weighted by atomic mass is 14.8. The van der Waals surface area contributed by atoms with Gasteiger partial charge in [-0.2, -0.15) is 0 Å². The third-order valence-corrected chi connectivity index (χ3v) is 1.21. The van der Waals surface area contributed by atoms with Crippen molar-refractivity contribution in [3.05, 3.63) is 23.8 Å². The van der Waals surface area contributed by atoms with Gasteiger partial charge in [-0.1, -0.05) is 30.7 Å². The van der Waals surface area contributed by atoms with Gasteiger partial charge in [0.05, 0.1) is 0 Å². The second-order valence-electron chi connectivity index (χ2n) is 2.38. The molecule has 0 rings (SSSR count). The van der Waals surface area contributed by atoms with Gasteiger partial charge < -0.3 is 5.32 Å². The summed E-state index contributed by atoms with van der Waals surface area (Å²) in [4.78, 5) is 0. The lowest BCUT2D eigenvalue weighted by molar-refractivity contribution is 0.880. The standard InChI is InChI=1S/C9H17N/c1-4-5-6-7-9(2)8-10-3/h5-7,10H,4,8H2,1-3H3/b6-5-,9-7+. The van der Waals surface area contributed by atoms with Crippen molar-refractivity contribution in [2.24, 2.45) is 0 Å². The molecule has 1 heteroatoms. The highest BCUT2D eigenvalue weighted by molar-refractivity contribution is 5.11. The van der Waals surface area contributed by atoms with Crippen molar-refractivity contribution < 1.29 is 0 Å². The predicted molar refractivity (Wildman–Crippen MR) is 47.1 cm³/mol. The minimum atomic E-state index is 0.980. The number of hydrogen-bond donors (Lipinski definition) is 1. The van der Waals surface area contributed by atoms with E-state index in [-0.39, 0.29) is 0 Å². The molecule has 0 aliphatic rings. The minimum absolute atomic E-state index is 0.980. The molecule has 0 aliphatic heterocycles. The Morgan fingerprint density at radius 2 is 2.20 bits per heavy atom. The van der Waals surface area contributed by atoms with Crippen molar-refractivity contribution in [2.75, 3.05) is 13.6 Å². The van der Waals surface area contributed by atoms with Crippen LogP contribution in [-0.4, -0.2) is 13.6 Å². The van der Waals surface area contributed by atoms with E-state index in [4.69, 9.17) is 0 Å². The summed E-state index contributed by atoms with van der Waals surface area (Å²) < 4.78 is 0. The number of nitrogens with one attached hydrogen (secondary N) is 1. The first-order valence-electron chi connectivity index (χ1n) is 3.78. The lowest BCUT2D eigenvalue weighted by Gasteiger charge is -1.95. The molecule has 0 aliphatic carbocycles. The third-order valence-electron chi connectivity index (χ3n) is 1.21. The molecule has 0 saturated heterocycles. The summed E-state index contributed by atoms with van der Waals surface area (Å²) in [5.41, 5.74) is 1.37. The Bertz CT molecular complexity index is 123. The molecular formula is C9H17N. The Kier molecular flexibility index (Phi) is 6.19. The summed E-state index contributed by atoms with van der Waals surface area (Å²) in [6, 6.07) is 0. The maximum atomic E-state index is 3.09. The van der Waals surface area contributed by atoms with Gasteiger partial charge in [-0.05, 0) is 20.4 Å². The smallest absolute Gasteiger partial charge is 0.0161 e. The Balaban J connectivity index is 3.56. The van der Waals surface area contributed by atoms with Crippen molar-refractivity contribution in [1.29, 1.82) is 0 Å². The van der Waals surface area contributed by atoms with Crippen LogP contribution >= 0.6 is 0 Å². The van der Waals surface area contributed by atoms with Gasteiger partial charge in [0, 0.05) is 6.54 Å². The van der Waals surface area contributed by atoms with Crippen LogP contribution in [0, 0.1) is 0 Å². The predicted octanol–water partition coefficient (Wildman–Crippen LogP) is 2.12. The fourth-order valence-corrected chi connectivity index (χ4v) is 0.706. The molecule has 0 saturated carbocycles. The Morgan fingerprint density at radius 1 is 1.50 bits per heavy atom. The summed E-state index contributed by atoms with van der Waals surface area (Å²) in [6.07, 6.45) is 7.51. The van der Waals surface area contributed by atoms with E-state index >= 15 is 0 Å². The molecular weight excluding hydrogens is 122 g/mol. The topological polar surface area (TPSA) is 12.0 Å². The van der Waals surface area contributed by atoms with E-state index in [1.807, 2.05) is 7.05 Å². The first kappa shape index (κ1) is 9.44. The molecule has 0 spiro atoms. The van der Waals surface area contributed by atoms with Crippen molar-refractivity contribution in [3.8, 4) is 0 Å². The summed E-state index contributed by atoms with van der Waals surface area (Å²) in [5, 5.41) is 3.09. The van der Waals surface area contributed by atoms with E-state index in [2.05, 4.69) is 37.4 Å². The summed E-state index contributed by atoms with van der Waals surface area (Å²) in [7, 11) is 1.96. The molecule has 0 aromatic rings. The molecule has 0 aromatic heterocycles. The zero-order chi connectivity index (χ0) is 7.82. The molecule has 58 valence electrons. The average molecular weight is 139 g/mol. The van der Waals surface area contributed by atoms with E-state index in [0.717, 1.165) is 13.0 Å². The molecule has 10 heavy (non-hydrogen) atoms. The summed E-state index contributed by atoms with van der Waals surface area (Å²) in [5.74, 6) is 0. The quantitative estimate of drug-likeness (QED) is 0.588. The Labute approximate surface area is 63.8 Å². The fraction of sp³-hybridized carbons (Fsp3) is 0.556. The van der Waals surface area contributed by atoms with Crippen LogP contribution in [0.5, 0.6) is 0 Å². The zero-order valence-electron chi connectivity index (χ0n) is 7.15. The molecule has 0 atom stereocenters. The molecule has 0 heterocycles. The van der Waals surface area contributed by atoms with Gasteiger partial charge in [-0.3, -0.25) is 0 Å². The second kappa shape index (κ2) is 6.56. The van der Waals surface area contributed by atoms with E-state index in [9.17, 15) is 0 Å². The normalized spacial score (nSPS) is 12.9. The fourth-order valence-electron chi connectivity index (χ4n) is 0.706. The molecule has 0 unspecified atom stereocenters. The highest BCUT2D eigenvalue weighted by Crippen LogP contribution is 1.90. The van der Waals surface area contributed by atoms with Gasteiger partial charge >= 0.3 is 0 Å². The SMILES string of the molecule is CC/C=C\C=C(/C)CNC. The monoisotopic (exact) mass is 139 g/mol. The second-order valence-corrected chi connectivity index (χ2v) is 2.38. The van der Waals surface area contributed by atoms with E-state index < -0.39 is 0 Å². The molecule has 1 nitrogen and oxygen atoms in total. The lowest BCUT2D eigenvalue weighted by Crippen LogP contribution is -2.08. The average Bonchev–Trinajstić information content (AvgIpc) is 1.89. The van der Waals surface area contributed by atoms with Crippen molar-refractivity contribution >= 4 is 0 Å². The molecule has 0 radical (unpaired) electrons. The van der Waals surface area contributed by atoms with Gasteiger partial charge in [0.25, 0.3) is 0 Å². The number of rotatable bonds is 4. The van der Waals surface area contributed by atoms with Crippen LogP contribution < -0.4 is 5.32 Å². The lowest BCUT2D eigenvalue weighted by atomic mass is 10.2. The van der Waals surface area contributed by atoms with Crippen LogP contribution in [0.2, 0.25) is 0 Å². The van der Waals surface area contributed by atoms with Crippen LogP contribution in [0.3, 0.4) is 0 Å². The van der Waals surface area contributed by atoms with E-state index in [1.54, 1.807) is 0 Å². The van der Waals surface area contributed by atoms with Crippen molar-refractivity contribution in [1.82, 2.24) is 5.32 Å². The highest BCUT2D eigenvalue weighted by Gasteiger charge is 1.80. The van der Waals surface area contributed by atoms with Crippen molar-refractivity contribution in [3.63, 3.8) is 0 Å². The van der Waals surface area contributed by atoms with Gasteiger partial charge in [0.1, 0.15) is 0 Å². The number of likely N-dealkylation sites (N-methyl/N-ethyl adjacent to an activating group) is 1. The molecule has 0 aromatic carbocycles. The van der Waals surface area contributed by atoms with Gasteiger partial charge in [0.15, 0.2) is 0 Å². The van der Waals surface area contributed by atoms with Gasteiger partial charge in [0.2, 0.25) is 0 Å². The Hall–Kier alpha value is -0.560. The summed E-state index contributed by atoms with van der Waals surface area (Å²) >= 11 is 0. The molecule has 1 N–H and O–H groups in total. The number of allylic oxidation sites excluding steroid dienone is 3. The number of hydrogen-bond acceptors (Lipinski definition) is 1. The van der Waals surface area contributed by atoms with Crippen LogP contribution in [0.4, 0.5) is 0 Å². The maximum Gasteiger partial charge on any atom is 0.0161 e. The molecule has 0 bridgehead atoms. The van der Waals surface area contributed by atoms with Crippen LogP contribution in [0.15, 0.2) is 23.8 Å². The molecule has 0 amide bonds. The first-order valence-corrected chi connectivity index (χ1v) is 3.78. The first-order chi connectivity index (χ1) is 4.81. The van der Waals surface area contributed by atoms with Gasteiger partial charge in [-0.25, -0.2) is 0 Å². The minimum Gasteiger partial charge on any atom is -0.316 e. The van der Waals surface area contributed by atoms with Crippen LogP contribution in [0.25, 0.3) is 0 Å². The van der Waals surface area contributed by atoms with Gasteiger partial charge in [-0.15, -0.1) is 0 Å². The molecule has 0 fully saturated rings. The van der Waals surface area contributed by atoms with Crippen LogP contribution in [0.1, 0.15) is 20.3 Å². The van der Waals surface area contributed by atoms with Crippen molar-refractivity contribution in [2.45, 2.75) is 20.3 Å². The summed E-state index contributed by atoms with van der Waals surface area (Å²) in [6.45, 7) is 5.24. The third kappa shape index (κ3) is 5.57. The van der Waals surface area contributed by atoms with Crippen LogP contribution in [-0.2, 0) is 0 Å². The van der Waals surface area contributed by atoms with E-state index in [1.165, 1.54) is 5.57 Å². The van der Waals surface area contributed by atoms with E-state index in [0.29, 0.717) is 0 Å². The maximum absolute atomic E-state index is 3.09. The largest absolute Gasteiger partial charge is 0.316 e. The zero-order valence-corrected chi connectivity index (χ0v) is 7.15.